The van der Waals surface area contributed by atoms with Crippen LogP contribution in [0.3, 0.4) is 0 Å². The molecule has 0 amide bonds. The van der Waals surface area contributed by atoms with Gasteiger partial charge in [0.1, 0.15) is 11.8 Å². The van der Waals surface area contributed by atoms with Gasteiger partial charge in [-0.25, -0.2) is 0 Å². The molecule has 1 heterocycles. The fraction of sp³-hybridized carbons (Fsp3) is 0.105. The molecule has 2 aromatic carbocycles. The zero-order valence-electron chi connectivity index (χ0n) is 11.9. The maximum Gasteiger partial charge on any atom is 0.147 e. The van der Waals surface area contributed by atoms with Crippen LogP contribution in [-0.4, -0.2) is 5.71 Å². The molecule has 0 atom stereocenters. The predicted octanol–water partition coefficient (Wildman–Crippen LogP) is 4.88. The van der Waals surface area contributed by atoms with Gasteiger partial charge in [-0.2, -0.15) is 0 Å². The number of hydrogen-bond acceptors (Lipinski definition) is 2. The molecule has 0 bridgehead atoms. The highest BCUT2D eigenvalue weighted by molar-refractivity contribution is 5.96. The Bertz CT molecular complexity index is 660. The average Bonchev–Trinajstić information content (AvgIpc) is 3.09. The maximum atomic E-state index is 5.44. The molecule has 0 aliphatic rings. The summed E-state index contributed by atoms with van der Waals surface area (Å²) in [4.78, 5) is 4.88. The molecule has 3 aromatic rings. The van der Waals surface area contributed by atoms with E-state index in [1.165, 1.54) is 11.1 Å². The summed E-state index contributed by atoms with van der Waals surface area (Å²) in [6, 6.07) is 24.5. The van der Waals surface area contributed by atoms with Gasteiger partial charge >= 0.3 is 0 Å². The molecule has 0 saturated heterocycles. The third-order valence-electron chi connectivity index (χ3n) is 3.43. The van der Waals surface area contributed by atoms with E-state index in [4.69, 9.17) is 9.41 Å². The van der Waals surface area contributed by atoms with Gasteiger partial charge in [0.15, 0.2) is 0 Å². The third kappa shape index (κ3) is 3.11. The third-order valence-corrected chi connectivity index (χ3v) is 3.43. The Morgan fingerprint density at radius 2 is 1.38 bits per heavy atom. The number of hydrogen-bond donors (Lipinski definition) is 0. The molecule has 1 aromatic heterocycles. The van der Waals surface area contributed by atoms with E-state index in [9.17, 15) is 0 Å². The Kier molecular flexibility index (Phi) is 3.97. The largest absolute Gasteiger partial charge is 0.463 e. The molecular weight excluding hydrogens is 258 g/mol. The van der Waals surface area contributed by atoms with Crippen LogP contribution in [0.4, 0.5) is 0 Å². The van der Waals surface area contributed by atoms with E-state index in [1.54, 1.807) is 6.26 Å². The van der Waals surface area contributed by atoms with Gasteiger partial charge in [0.05, 0.1) is 12.0 Å². The summed E-state index contributed by atoms with van der Waals surface area (Å²) in [6.07, 6.45) is 1.67. The van der Waals surface area contributed by atoms with E-state index < -0.39 is 0 Å². The first-order valence-electron chi connectivity index (χ1n) is 7.03. The second-order valence-electron chi connectivity index (χ2n) is 4.92. The van der Waals surface area contributed by atoms with Crippen LogP contribution in [0.1, 0.15) is 29.9 Å². The molecule has 0 aliphatic carbocycles. The molecule has 0 aliphatic heterocycles. The standard InChI is InChI=1S/C19H17NO/c1-15(18-13-8-14-21-18)20-19(16-9-4-2-5-10-16)17-11-6-3-7-12-17/h2-14,19H,1H3/b20-15+. The first-order chi connectivity index (χ1) is 10.3. The minimum atomic E-state index is -0.0162. The summed E-state index contributed by atoms with van der Waals surface area (Å²) < 4.78 is 5.44. The van der Waals surface area contributed by atoms with Crippen molar-refractivity contribution < 1.29 is 4.42 Å². The number of benzene rings is 2. The topological polar surface area (TPSA) is 25.5 Å². The van der Waals surface area contributed by atoms with Crippen LogP contribution in [0.25, 0.3) is 0 Å². The fourth-order valence-corrected chi connectivity index (χ4v) is 2.35. The van der Waals surface area contributed by atoms with Gasteiger partial charge in [0.25, 0.3) is 0 Å². The maximum absolute atomic E-state index is 5.44. The van der Waals surface area contributed by atoms with Crippen LogP contribution in [0.2, 0.25) is 0 Å². The molecule has 0 radical (unpaired) electrons. The Labute approximate surface area is 124 Å². The smallest absolute Gasteiger partial charge is 0.147 e. The summed E-state index contributed by atoms with van der Waals surface area (Å²) in [5, 5.41) is 0. The number of aliphatic imine (C=N–C) groups is 1. The highest BCUT2D eigenvalue weighted by Gasteiger charge is 2.13. The van der Waals surface area contributed by atoms with Gasteiger partial charge in [-0.1, -0.05) is 60.7 Å². The first kappa shape index (κ1) is 13.4. The van der Waals surface area contributed by atoms with Crippen LogP contribution in [0, 0.1) is 0 Å². The lowest BCUT2D eigenvalue weighted by atomic mass is 9.99. The molecule has 0 saturated carbocycles. The monoisotopic (exact) mass is 275 g/mol. The molecule has 0 N–H and O–H groups in total. The first-order valence-corrected chi connectivity index (χ1v) is 7.03. The van der Waals surface area contributed by atoms with Crippen molar-refractivity contribution in [3.8, 4) is 0 Å². The van der Waals surface area contributed by atoms with Gasteiger partial charge < -0.3 is 4.42 Å². The molecule has 21 heavy (non-hydrogen) atoms. The molecule has 2 nitrogen and oxygen atoms in total. The van der Waals surface area contributed by atoms with Gasteiger partial charge in [0.2, 0.25) is 0 Å². The average molecular weight is 275 g/mol. The molecule has 3 rings (SSSR count). The number of rotatable bonds is 4. The Morgan fingerprint density at radius 3 is 1.86 bits per heavy atom. The van der Waals surface area contributed by atoms with E-state index in [1.807, 2.05) is 55.5 Å². The minimum Gasteiger partial charge on any atom is -0.463 e. The van der Waals surface area contributed by atoms with E-state index in [2.05, 4.69) is 24.3 Å². The number of furan rings is 1. The van der Waals surface area contributed by atoms with Crippen LogP contribution in [-0.2, 0) is 0 Å². The van der Waals surface area contributed by atoms with Crippen molar-refractivity contribution in [2.24, 2.45) is 4.99 Å². The summed E-state index contributed by atoms with van der Waals surface area (Å²) in [5.74, 6) is 0.812. The van der Waals surface area contributed by atoms with E-state index in [-0.39, 0.29) is 6.04 Å². The van der Waals surface area contributed by atoms with Crippen molar-refractivity contribution in [1.82, 2.24) is 0 Å². The zero-order chi connectivity index (χ0) is 14.5. The predicted molar refractivity (Wildman–Crippen MR) is 85.6 cm³/mol. The van der Waals surface area contributed by atoms with Crippen molar-refractivity contribution in [2.45, 2.75) is 13.0 Å². The summed E-state index contributed by atoms with van der Waals surface area (Å²) in [7, 11) is 0. The fourth-order valence-electron chi connectivity index (χ4n) is 2.35. The normalized spacial score (nSPS) is 11.8. The van der Waals surface area contributed by atoms with Crippen molar-refractivity contribution in [1.29, 1.82) is 0 Å². The highest BCUT2D eigenvalue weighted by Crippen LogP contribution is 2.26. The van der Waals surface area contributed by atoms with Gasteiger partial charge in [-0.15, -0.1) is 0 Å². The van der Waals surface area contributed by atoms with Gasteiger partial charge in [-0.3, -0.25) is 4.99 Å². The second-order valence-corrected chi connectivity index (χ2v) is 4.92. The molecule has 0 spiro atoms. The molecule has 104 valence electrons. The van der Waals surface area contributed by atoms with Crippen molar-refractivity contribution >= 4 is 5.71 Å². The lowest BCUT2D eigenvalue weighted by Gasteiger charge is -2.14. The summed E-state index contributed by atoms with van der Waals surface area (Å²) >= 11 is 0. The van der Waals surface area contributed by atoms with Crippen LogP contribution >= 0.6 is 0 Å². The van der Waals surface area contributed by atoms with Crippen LogP contribution in [0.15, 0.2) is 88.5 Å². The number of nitrogens with zero attached hydrogens (tertiary/aromatic N) is 1. The van der Waals surface area contributed by atoms with Crippen LogP contribution in [0.5, 0.6) is 0 Å². The van der Waals surface area contributed by atoms with Gasteiger partial charge in [-0.05, 0) is 30.2 Å². The quantitative estimate of drug-likeness (QED) is 0.623. The Morgan fingerprint density at radius 1 is 0.810 bits per heavy atom. The summed E-state index contributed by atoms with van der Waals surface area (Å²) in [5.41, 5.74) is 3.25. The van der Waals surface area contributed by atoms with Crippen molar-refractivity contribution in [2.75, 3.05) is 0 Å². The van der Waals surface area contributed by atoms with Crippen LogP contribution < -0.4 is 0 Å². The minimum absolute atomic E-state index is 0.0162. The SMILES string of the molecule is C/C(=N\C(c1ccccc1)c1ccccc1)c1ccco1. The van der Waals surface area contributed by atoms with Crippen molar-refractivity contribution in [3.05, 3.63) is 95.9 Å². The Balaban J connectivity index is 2.03. The molecular formula is C19H17NO. The lowest BCUT2D eigenvalue weighted by Crippen LogP contribution is -2.02. The van der Waals surface area contributed by atoms with Crippen molar-refractivity contribution in [3.63, 3.8) is 0 Å². The molecule has 0 unspecified atom stereocenters. The highest BCUT2D eigenvalue weighted by atomic mass is 16.3. The second kappa shape index (κ2) is 6.23. The van der Waals surface area contributed by atoms with Gasteiger partial charge in [0, 0.05) is 0 Å². The van der Waals surface area contributed by atoms with E-state index in [0.717, 1.165) is 11.5 Å². The molecule has 0 fully saturated rings. The molecule has 2 heteroatoms. The van der Waals surface area contributed by atoms with E-state index >= 15 is 0 Å². The van der Waals surface area contributed by atoms with E-state index in [0.29, 0.717) is 0 Å². The summed E-state index contributed by atoms with van der Waals surface area (Å²) in [6.45, 7) is 1.98. The Hall–Kier alpha value is -2.61. The zero-order valence-corrected chi connectivity index (χ0v) is 11.9. The lowest BCUT2D eigenvalue weighted by molar-refractivity contribution is 0.556.